The zero-order valence-corrected chi connectivity index (χ0v) is 15.0. The van der Waals surface area contributed by atoms with Crippen molar-refractivity contribution in [2.24, 2.45) is 5.92 Å². The SMILES string of the molecule is Cc1c(C(=O)NC2CCC(C)CC2)nnn1-c1ccc(Br)cc1. The fourth-order valence-corrected chi connectivity index (χ4v) is 3.29. The first kappa shape index (κ1) is 16.2. The van der Waals surface area contributed by atoms with E-state index in [1.807, 2.05) is 31.2 Å². The van der Waals surface area contributed by atoms with Gasteiger partial charge in [0, 0.05) is 10.5 Å². The number of carbonyl (C=O) groups is 1. The molecule has 0 aliphatic heterocycles. The summed E-state index contributed by atoms with van der Waals surface area (Å²) >= 11 is 3.41. The molecule has 3 rings (SSSR count). The summed E-state index contributed by atoms with van der Waals surface area (Å²) in [6.07, 6.45) is 4.45. The number of nitrogens with zero attached hydrogens (tertiary/aromatic N) is 3. The van der Waals surface area contributed by atoms with Gasteiger partial charge in [0.15, 0.2) is 5.69 Å². The monoisotopic (exact) mass is 376 g/mol. The van der Waals surface area contributed by atoms with Gasteiger partial charge < -0.3 is 5.32 Å². The lowest BCUT2D eigenvalue weighted by Crippen LogP contribution is -2.37. The largest absolute Gasteiger partial charge is 0.348 e. The number of amides is 1. The normalized spacial score (nSPS) is 21.2. The third-order valence-electron chi connectivity index (χ3n) is 4.53. The first-order valence-electron chi connectivity index (χ1n) is 8.03. The summed E-state index contributed by atoms with van der Waals surface area (Å²) in [5.41, 5.74) is 2.06. The van der Waals surface area contributed by atoms with E-state index in [0.29, 0.717) is 5.69 Å². The van der Waals surface area contributed by atoms with Gasteiger partial charge in [0.25, 0.3) is 5.91 Å². The Labute approximate surface area is 144 Å². The van der Waals surface area contributed by atoms with E-state index >= 15 is 0 Å². The predicted molar refractivity (Wildman–Crippen MR) is 92.7 cm³/mol. The maximum absolute atomic E-state index is 12.5. The molecule has 0 unspecified atom stereocenters. The van der Waals surface area contributed by atoms with Gasteiger partial charge in [0.2, 0.25) is 0 Å². The lowest BCUT2D eigenvalue weighted by atomic mass is 9.87. The Kier molecular flexibility index (Phi) is 4.80. The average molecular weight is 377 g/mol. The van der Waals surface area contributed by atoms with Gasteiger partial charge in [-0.15, -0.1) is 5.10 Å². The molecule has 0 radical (unpaired) electrons. The number of aromatic nitrogens is 3. The highest BCUT2D eigenvalue weighted by atomic mass is 79.9. The molecular weight excluding hydrogens is 356 g/mol. The molecule has 6 heteroatoms. The molecule has 0 atom stereocenters. The van der Waals surface area contributed by atoms with Crippen molar-refractivity contribution in [3.63, 3.8) is 0 Å². The predicted octanol–water partition coefficient (Wildman–Crippen LogP) is 3.65. The number of halogens is 1. The van der Waals surface area contributed by atoms with E-state index in [1.165, 1.54) is 12.8 Å². The maximum Gasteiger partial charge on any atom is 0.273 e. The van der Waals surface area contributed by atoms with Gasteiger partial charge in [-0.25, -0.2) is 4.68 Å². The van der Waals surface area contributed by atoms with E-state index in [-0.39, 0.29) is 11.9 Å². The summed E-state index contributed by atoms with van der Waals surface area (Å²) in [4.78, 5) is 12.5. The van der Waals surface area contributed by atoms with Gasteiger partial charge >= 0.3 is 0 Å². The van der Waals surface area contributed by atoms with Crippen LogP contribution in [0.15, 0.2) is 28.7 Å². The van der Waals surface area contributed by atoms with Crippen LogP contribution in [0.25, 0.3) is 5.69 Å². The Balaban J connectivity index is 1.73. The summed E-state index contributed by atoms with van der Waals surface area (Å²) < 4.78 is 2.70. The summed E-state index contributed by atoms with van der Waals surface area (Å²) in [6, 6.07) is 8.03. The number of rotatable bonds is 3. The number of nitrogens with one attached hydrogen (secondary N) is 1. The minimum atomic E-state index is -0.120. The van der Waals surface area contributed by atoms with Crippen molar-refractivity contribution in [2.75, 3.05) is 0 Å². The van der Waals surface area contributed by atoms with Gasteiger partial charge in [-0.2, -0.15) is 0 Å². The summed E-state index contributed by atoms with van der Waals surface area (Å²) in [7, 11) is 0. The molecular formula is C17H21BrN4O. The van der Waals surface area contributed by atoms with Crippen LogP contribution in [0.4, 0.5) is 0 Å². The van der Waals surface area contributed by atoms with Crippen LogP contribution in [-0.2, 0) is 0 Å². The zero-order valence-electron chi connectivity index (χ0n) is 13.4. The molecule has 1 aliphatic carbocycles. The Hall–Kier alpha value is -1.69. The molecule has 1 aromatic heterocycles. The molecule has 122 valence electrons. The van der Waals surface area contributed by atoms with Gasteiger partial charge in [-0.05, 0) is 62.8 Å². The maximum atomic E-state index is 12.5. The molecule has 1 N–H and O–H groups in total. The highest BCUT2D eigenvalue weighted by molar-refractivity contribution is 9.10. The standard InChI is InChI=1S/C17H21BrN4O/c1-11-3-7-14(8-4-11)19-17(23)16-12(2)22(21-20-16)15-9-5-13(18)6-10-15/h5-6,9-11,14H,3-4,7-8H2,1-2H3,(H,19,23). The first-order valence-corrected chi connectivity index (χ1v) is 8.83. The quantitative estimate of drug-likeness (QED) is 0.889. The Morgan fingerprint density at radius 3 is 2.52 bits per heavy atom. The second-order valence-electron chi connectivity index (χ2n) is 6.34. The molecule has 1 aromatic carbocycles. The molecule has 0 spiro atoms. The van der Waals surface area contributed by atoms with Crippen LogP contribution in [0.5, 0.6) is 0 Å². The molecule has 0 saturated heterocycles. The van der Waals surface area contributed by atoms with E-state index < -0.39 is 0 Å². The number of hydrogen-bond acceptors (Lipinski definition) is 3. The molecule has 2 aromatic rings. The zero-order chi connectivity index (χ0) is 16.4. The molecule has 5 nitrogen and oxygen atoms in total. The van der Waals surface area contributed by atoms with E-state index in [4.69, 9.17) is 0 Å². The third-order valence-corrected chi connectivity index (χ3v) is 5.06. The molecule has 23 heavy (non-hydrogen) atoms. The molecule has 1 fully saturated rings. The van der Waals surface area contributed by atoms with Gasteiger partial charge in [-0.1, -0.05) is 28.1 Å². The Bertz CT molecular complexity index is 687. The van der Waals surface area contributed by atoms with Gasteiger partial charge in [-0.3, -0.25) is 4.79 Å². The van der Waals surface area contributed by atoms with Crippen molar-refractivity contribution < 1.29 is 4.79 Å². The van der Waals surface area contributed by atoms with E-state index in [2.05, 4.69) is 38.5 Å². The minimum Gasteiger partial charge on any atom is -0.348 e. The summed E-state index contributed by atoms with van der Waals surface area (Å²) in [6.45, 7) is 4.14. The van der Waals surface area contributed by atoms with Crippen LogP contribution >= 0.6 is 15.9 Å². The molecule has 1 amide bonds. The lowest BCUT2D eigenvalue weighted by molar-refractivity contribution is 0.0917. The first-order chi connectivity index (χ1) is 11.0. The van der Waals surface area contributed by atoms with Crippen molar-refractivity contribution in [3.05, 3.63) is 40.1 Å². The Morgan fingerprint density at radius 2 is 1.87 bits per heavy atom. The number of benzene rings is 1. The summed E-state index contributed by atoms with van der Waals surface area (Å²) in [5, 5.41) is 11.3. The minimum absolute atomic E-state index is 0.120. The highest BCUT2D eigenvalue weighted by Crippen LogP contribution is 2.24. The molecule has 0 bridgehead atoms. The lowest BCUT2D eigenvalue weighted by Gasteiger charge is -2.26. The van der Waals surface area contributed by atoms with Crippen LogP contribution in [0.1, 0.15) is 48.8 Å². The van der Waals surface area contributed by atoms with Crippen LogP contribution in [0.2, 0.25) is 0 Å². The van der Waals surface area contributed by atoms with Gasteiger partial charge in [0.05, 0.1) is 11.4 Å². The summed E-state index contributed by atoms with van der Waals surface area (Å²) in [5.74, 6) is 0.647. The van der Waals surface area contributed by atoms with E-state index in [0.717, 1.165) is 34.6 Å². The molecule has 1 saturated carbocycles. The van der Waals surface area contributed by atoms with Crippen LogP contribution in [0, 0.1) is 12.8 Å². The number of hydrogen-bond donors (Lipinski definition) is 1. The van der Waals surface area contributed by atoms with Crippen LogP contribution in [-0.4, -0.2) is 26.9 Å². The van der Waals surface area contributed by atoms with Crippen LogP contribution in [0.3, 0.4) is 0 Å². The molecule has 1 heterocycles. The highest BCUT2D eigenvalue weighted by Gasteiger charge is 2.23. The number of carbonyl (C=O) groups excluding carboxylic acids is 1. The third kappa shape index (κ3) is 3.63. The van der Waals surface area contributed by atoms with Crippen LogP contribution < -0.4 is 5.32 Å². The Morgan fingerprint density at radius 1 is 1.22 bits per heavy atom. The van der Waals surface area contributed by atoms with Crippen molar-refractivity contribution in [3.8, 4) is 5.69 Å². The van der Waals surface area contributed by atoms with Crippen molar-refractivity contribution in [1.82, 2.24) is 20.3 Å². The average Bonchev–Trinajstić information content (AvgIpc) is 2.92. The van der Waals surface area contributed by atoms with Crippen molar-refractivity contribution in [1.29, 1.82) is 0 Å². The fourth-order valence-electron chi connectivity index (χ4n) is 3.02. The van der Waals surface area contributed by atoms with E-state index in [9.17, 15) is 4.79 Å². The topological polar surface area (TPSA) is 59.8 Å². The second-order valence-corrected chi connectivity index (χ2v) is 7.26. The van der Waals surface area contributed by atoms with Crippen molar-refractivity contribution in [2.45, 2.75) is 45.6 Å². The second kappa shape index (κ2) is 6.83. The van der Waals surface area contributed by atoms with E-state index in [1.54, 1.807) is 4.68 Å². The smallest absolute Gasteiger partial charge is 0.273 e. The van der Waals surface area contributed by atoms with Gasteiger partial charge in [0.1, 0.15) is 0 Å². The fraction of sp³-hybridized carbons (Fsp3) is 0.471. The molecule has 1 aliphatic rings. The van der Waals surface area contributed by atoms with Crippen molar-refractivity contribution >= 4 is 21.8 Å².